The van der Waals surface area contributed by atoms with Crippen LogP contribution in [0.4, 0.5) is 5.69 Å². The summed E-state index contributed by atoms with van der Waals surface area (Å²) < 4.78 is 1.73. The summed E-state index contributed by atoms with van der Waals surface area (Å²) in [6.45, 7) is 4.09. The average molecular weight is 287 g/mol. The molecule has 0 aliphatic carbocycles. The Morgan fingerprint density at radius 2 is 2.00 bits per heavy atom. The van der Waals surface area contributed by atoms with Gasteiger partial charge in [0.05, 0.1) is 22.1 Å². The van der Waals surface area contributed by atoms with Gasteiger partial charge in [0.25, 0.3) is 5.69 Å². The highest BCUT2D eigenvalue weighted by atomic mass is 16.6. The molecule has 0 saturated heterocycles. The molecule has 0 unspecified atom stereocenters. The number of nitrogens with zero attached hydrogens (tertiary/aromatic N) is 3. The van der Waals surface area contributed by atoms with Crippen LogP contribution in [0.5, 0.6) is 0 Å². The third-order valence-corrected chi connectivity index (χ3v) is 3.56. The monoisotopic (exact) mass is 287 g/mol. The molecule has 0 saturated carbocycles. The maximum Gasteiger partial charge on any atom is 0.278 e. The molecule has 0 N–H and O–H groups in total. The van der Waals surface area contributed by atoms with Crippen LogP contribution < -0.4 is 0 Å². The molecule has 2 rings (SSSR count). The second-order valence-electron chi connectivity index (χ2n) is 4.78. The van der Waals surface area contributed by atoms with Crippen molar-refractivity contribution in [2.45, 2.75) is 32.7 Å². The Morgan fingerprint density at radius 1 is 1.33 bits per heavy atom. The van der Waals surface area contributed by atoms with Crippen LogP contribution in [0.25, 0.3) is 11.3 Å². The highest BCUT2D eigenvalue weighted by Crippen LogP contribution is 2.31. The first kappa shape index (κ1) is 14.9. The van der Waals surface area contributed by atoms with E-state index >= 15 is 0 Å². The van der Waals surface area contributed by atoms with Crippen LogP contribution in [-0.4, -0.2) is 21.0 Å². The van der Waals surface area contributed by atoms with Gasteiger partial charge in [-0.25, -0.2) is 0 Å². The van der Waals surface area contributed by atoms with Crippen LogP contribution in [-0.2, 0) is 0 Å². The van der Waals surface area contributed by atoms with Crippen LogP contribution in [0.15, 0.2) is 30.5 Å². The minimum atomic E-state index is -0.458. The van der Waals surface area contributed by atoms with Crippen LogP contribution in [0, 0.1) is 10.1 Å². The first-order valence-corrected chi connectivity index (χ1v) is 6.90. The van der Waals surface area contributed by atoms with Crippen molar-refractivity contribution in [2.24, 2.45) is 0 Å². The van der Waals surface area contributed by atoms with Gasteiger partial charge in [0.2, 0.25) is 0 Å². The summed E-state index contributed by atoms with van der Waals surface area (Å²) in [5.41, 5.74) is 1.06. The number of para-hydroxylation sites is 1. The minimum Gasteiger partial charge on any atom is -0.298 e. The quantitative estimate of drug-likeness (QED) is 0.461. The molecule has 0 radical (unpaired) electrons. The molecule has 0 atom stereocenters. The molecular weight excluding hydrogens is 270 g/mol. The maximum absolute atomic E-state index is 11.3. The molecule has 0 aliphatic rings. The lowest BCUT2D eigenvalue weighted by Crippen LogP contribution is -2.07. The van der Waals surface area contributed by atoms with E-state index in [0.717, 1.165) is 12.8 Å². The summed E-state index contributed by atoms with van der Waals surface area (Å²) in [7, 11) is 0. The van der Waals surface area contributed by atoms with Gasteiger partial charge in [-0.3, -0.25) is 19.6 Å². The van der Waals surface area contributed by atoms with E-state index in [0.29, 0.717) is 23.1 Å². The smallest absolute Gasteiger partial charge is 0.278 e. The number of carbonyl (C=O) groups is 1. The van der Waals surface area contributed by atoms with E-state index < -0.39 is 4.92 Å². The van der Waals surface area contributed by atoms with Crippen molar-refractivity contribution in [3.63, 3.8) is 0 Å². The standard InChI is InChI=1S/C15H17N3O3/c1-3-12(4-2)17-9-11(10-19)15(16-17)13-7-5-6-8-14(13)18(20)21/h5-10,12H,3-4H2,1-2H3. The summed E-state index contributed by atoms with van der Waals surface area (Å²) in [6.07, 6.45) is 4.12. The molecule has 6 heteroatoms. The van der Waals surface area contributed by atoms with Crippen LogP contribution in [0.1, 0.15) is 43.1 Å². The van der Waals surface area contributed by atoms with Crippen LogP contribution in [0.2, 0.25) is 0 Å². The van der Waals surface area contributed by atoms with E-state index in [-0.39, 0.29) is 11.7 Å². The first-order chi connectivity index (χ1) is 10.1. The van der Waals surface area contributed by atoms with E-state index in [4.69, 9.17) is 0 Å². The Hall–Kier alpha value is -2.50. The average Bonchev–Trinajstić information content (AvgIpc) is 2.92. The Morgan fingerprint density at radius 3 is 2.57 bits per heavy atom. The van der Waals surface area contributed by atoms with Gasteiger partial charge in [0.1, 0.15) is 5.69 Å². The van der Waals surface area contributed by atoms with Gasteiger partial charge < -0.3 is 0 Å². The van der Waals surface area contributed by atoms with Crippen molar-refractivity contribution in [1.29, 1.82) is 0 Å². The number of aromatic nitrogens is 2. The zero-order valence-electron chi connectivity index (χ0n) is 12.0. The Labute approximate surface area is 122 Å². The number of hydrogen-bond donors (Lipinski definition) is 0. The third-order valence-electron chi connectivity index (χ3n) is 3.56. The molecule has 1 aromatic carbocycles. The predicted molar refractivity (Wildman–Crippen MR) is 79.3 cm³/mol. The lowest BCUT2D eigenvalue weighted by Gasteiger charge is -2.12. The van der Waals surface area contributed by atoms with Gasteiger partial charge in [0.15, 0.2) is 6.29 Å². The van der Waals surface area contributed by atoms with Gasteiger partial charge >= 0.3 is 0 Å². The van der Waals surface area contributed by atoms with Crippen LogP contribution >= 0.6 is 0 Å². The Bertz CT molecular complexity index is 660. The normalized spacial score (nSPS) is 10.8. The minimum absolute atomic E-state index is 0.0459. The fraction of sp³-hybridized carbons (Fsp3) is 0.333. The van der Waals surface area contributed by atoms with Crippen molar-refractivity contribution in [3.05, 3.63) is 46.1 Å². The largest absolute Gasteiger partial charge is 0.298 e. The molecular formula is C15H17N3O3. The van der Waals surface area contributed by atoms with Gasteiger partial charge in [-0.15, -0.1) is 0 Å². The zero-order valence-corrected chi connectivity index (χ0v) is 12.0. The molecule has 1 aromatic heterocycles. The summed E-state index contributed by atoms with van der Waals surface area (Å²) in [5.74, 6) is 0. The Balaban J connectivity index is 2.59. The maximum atomic E-state index is 11.3. The molecule has 21 heavy (non-hydrogen) atoms. The van der Waals surface area contributed by atoms with Crippen molar-refractivity contribution >= 4 is 12.0 Å². The highest BCUT2D eigenvalue weighted by Gasteiger charge is 2.21. The topological polar surface area (TPSA) is 78.0 Å². The predicted octanol–water partition coefficient (Wildman–Crippen LogP) is 3.63. The number of benzene rings is 1. The number of nitro groups is 1. The lowest BCUT2D eigenvalue weighted by molar-refractivity contribution is -0.384. The van der Waals surface area contributed by atoms with Crippen molar-refractivity contribution in [3.8, 4) is 11.3 Å². The van der Waals surface area contributed by atoms with Gasteiger partial charge in [-0.2, -0.15) is 5.10 Å². The van der Waals surface area contributed by atoms with E-state index in [2.05, 4.69) is 5.10 Å². The fourth-order valence-corrected chi connectivity index (χ4v) is 2.38. The molecule has 0 aliphatic heterocycles. The van der Waals surface area contributed by atoms with E-state index in [1.54, 1.807) is 29.1 Å². The van der Waals surface area contributed by atoms with Crippen molar-refractivity contribution in [1.82, 2.24) is 9.78 Å². The van der Waals surface area contributed by atoms with Gasteiger partial charge in [0, 0.05) is 12.3 Å². The van der Waals surface area contributed by atoms with Gasteiger partial charge in [-0.05, 0) is 18.9 Å². The van der Waals surface area contributed by atoms with Crippen molar-refractivity contribution < 1.29 is 9.72 Å². The number of nitro benzene ring substituents is 1. The number of carbonyl (C=O) groups excluding carboxylic acids is 1. The van der Waals surface area contributed by atoms with E-state index in [1.807, 2.05) is 13.8 Å². The molecule has 0 bridgehead atoms. The lowest BCUT2D eigenvalue weighted by atomic mass is 10.1. The SMILES string of the molecule is CCC(CC)n1cc(C=O)c(-c2ccccc2[N+](=O)[O-])n1. The van der Waals surface area contributed by atoms with Gasteiger partial charge in [-0.1, -0.05) is 26.0 Å². The summed E-state index contributed by atoms with van der Waals surface area (Å²) >= 11 is 0. The summed E-state index contributed by atoms with van der Waals surface area (Å²) in [6, 6.07) is 6.51. The number of rotatable bonds is 6. The third kappa shape index (κ3) is 2.84. The summed E-state index contributed by atoms with van der Waals surface area (Å²) in [5, 5.41) is 15.5. The fourth-order valence-electron chi connectivity index (χ4n) is 2.38. The molecule has 0 fully saturated rings. The molecule has 0 amide bonds. The van der Waals surface area contributed by atoms with Crippen LogP contribution in [0.3, 0.4) is 0 Å². The Kier molecular flexibility index (Phi) is 4.47. The summed E-state index contributed by atoms with van der Waals surface area (Å²) in [4.78, 5) is 21.9. The van der Waals surface area contributed by atoms with E-state index in [1.165, 1.54) is 6.07 Å². The number of hydrogen-bond acceptors (Lipinski definition) is 4. The second-order valence-corrected chi connectivity index (χ2v) is 4.78. The molecule has 0 spiro atoms. The molecule has 6 nitrogen and oxygen atoms in total. The molecule has 110 valence electrons. The second kappa shape index (κ2) is 6.30. The zero-order chi connectivity index (χ0) is 15.4. The number of aldehydes is 1. The highest BCUT2D eigenvalue weighted by molar-refractivity contribution is 5.88. The molecule has 2 aromatic rings. The van der Waals surface area contributed by atoms with E-state index in [9.17, 15) is 14.9 Å². The first-order valence-electron chi connectivity index (χ1n) is 6.90. The van der Waals surface area contributed by atoms with Crippen molar-refractivity contribution in [2.75, 3.05) is 0 Å². The molecule has 1 heterocycles.